The summed E-state index contributed by atoms with van der Waals surface area (Å²) in [5, 5.41) is 0. The molecule has 0 aromatic carbocycles. The standard InChI is InChI=1S/C6H14O2S2/c1-3-4-5-6-8-10(2,7)9/h3-6H2,1-2H3. The van der Waals surface area contributed by atoms with Crippen molar-refractivity contribution in [3.63, 3.8) is 0 Å². The molecule has 0 radical (unpaired) electrons. The molecule has 10 heavy (non-hydrogen) atoms. The van der Waals surface area contributed by atoms with Gasteiger partial charge < -0.3 is 0 Å². The van der Waals surface area contributed by atoms with Crippen LogP contribution in [-0.2, 0) is 24.1 Å². The largest absolute Gasteiger partial charge is 0.290 e. The molecule has 0 N–H and O–H groups in total. The van der Waals surface area contributed by atoms with Gasteiger partial charge in [-0.3, -0.25) is 4.18 Å². The fourth-order valence-electron chi connectivity index (χ4n) is 0.562. The lowest BCUT2D eigenvalue weighted by Gasteiger charge is -2.00. The Hall–Kier alpha value is 0.330. The van der Waals surface area contributed by atoms with Crippen LogP contribution in [0.25, 0.3) is 0 Å². The van der Waals surface area contributed by atoms with E-state index >= 15 is 0 Å². The molecule has 0 fully saturated rings. The molecule has 0 saturated heterocycles. The quantitative estimate of drug-likeness (QED) is 0.602. The first-order valence-electron chi connectivity index (χ1n) is 3.40. The highest BCUT2D eigenvalue weighted by Gasteiger charge is 1.94. The van der Waals surface area contributed by atoms with Crippen molar-refractivity contribution in [3.05, 3.63) is 0 Å². The SMILES string of the molecule is CCCCCOS(C)(=O)=S. The molecule has 2 nitrogen and oxygen atoms in total. The fraction of sp³-hybridized carbons (Fsp3) is 1.00. The van der Waals surface area contributed by atoms with E-state index in [2.05, 4.69) is 18.1 Å². The van der Waals surface area contributed by atoms with Crippen LogP contribution in [0.4, 0.5) is 0 Å². The summed E-state index contributed by atoms with van der Waals surface area (Å²) in [5.41, 5.74) is 0. The van der Waals surface area contributed by atoms with E-state index in [9.17, 15) is 4.21 Å². The molecule has 0 aromatic heterocycles. The summed E-state index contributed by atoms with van der Waals surface area (Å²) in [4.78, 5) is 0. The maximum absolute atomic E-state index is 10.7. The van der Waals surface area contributed by atoms with Crippen LogP contribution in [0, 0.1) is 0 Å². The predicted octanol–water partition coefficient (Wildman–Crippen LogP) is 1.48. The molecule has 1 unspecified atom stereocenters. The normalized spacial score (nSPS) is 16.6. The summed E-state index contributed by atoms with van der Waals surface area (Å²) in [6, 6.07) is 0. The molecular formula is C6H14O2S2. The molecule has 0 saturated carbocycles. The molecule has 0 spiro atoms. The van der Waals surface area contributed by atoms with Crippen LogP contribution in [0.15, 0.2) is 0 Å². The van der Waals surface area contributed by atoms with Crippen molar-refractivity contribution < 1.29 is 8.39 Å². The highest BCUT2D eigenvalue weighted by Crippen LogP contribution is 1.96. The number of rotatable bonds is 5. The zero-order valence-electron chi connectivity index (χ0n) is 6.46. The van der Waals surface area contributed by atoms with E-state index in [-0.39, 0.29) is 0 Å². The first-order chi connectivity index (χ1) is 4.56. The van der Waals surface area contributed by atoms with Crippen LogP contribution in [0.3, 0.4) is 0 Å². The highest BCUT2D eigenvalue weighted by atomic mass is 32.8. The van der Waals surface area contributed by atoms with Crippen molar-refractivity contribution in [3.8, 4) is 0 Å². The van der Waals surface area contributed by atoms with Gasteiger partial charge in [-0.05, 0) is 6.42 Å². The molecule has 1 atom stereocenters. The van der Waals surface area contributed by atoms with Crippen molar-refractivity contribution in [1.29, 1.82) is 0 Å². The van der Waals surface area contributed by atoms with Crippen LogP contribution in [-0.4, -0.2) is 17.1 Å². The third-order valence-electron chi connectivity index (χ3n) is 1.05. The van der Waals surface area contributed by atoms with Crippen molar-refractivity contribution in [2.75, 3.05) is 12.9 Å². The van der Waals surface area contributed by atoms with E-state index in [1.54, 1.807) is 0 Å². The van der Waals surface area contributed by atoms with E-state index in [4.69, 9.17) is 4.18 Å². The Morgan fingerprint density at radius 1 is 1.50 bits per heavy atom. The summed E-state index contributed by atoms with van der Waals surface area (Å²) in [6.07, 6.45) is 4.66. The first-order valence-corrected chi connectivity index (χ1v) is 6.22. The zero-order chi connectivity index (χ0) is 8.04. The predicted molar refractivity (Wildman–Crippen MR) is 46.9 cm³/mol. The Labute approximate surface area is 67.8 Å². The number of hydrogen-bond donors (Lipinski definition) is 0. The second-order valence-corrected chi connectivity index (χ2v) is 5.69. The van der Waals surface area contributed by atoms with Crippen molar-refractivity contribution in [1.82, 2.24) is 0 Å². The lowest BCUT2D eigenvalue weighted by Crippen LogP contribution is -2.02. The van der Waals surface area contributed by atoms with Crippen molar-refractivity contribution in [2.24, 2.45) is 0 Å². The lowest BCUT2D eigenvalue weighted by molar-refractivity contribution is 0.335. The Morgan fingerprint density at radius 2 is 2.10 bits per heavy atom. The van der Waals surface area contributed by atoms with Crippen LogP contribution in [0.5, 0.6) is 0 Å². The third-order valence-corrected chi connectivity index (χ3v) is 1.93. The molecule has 0 aliphatic carbocycles. The van der Waals surface area contributed by atoms with Gasteiger partial charge in [-0.1, -0.05) is 19.8 Å². The second kappa shape index (κ2) is 5.04. The number of unbranched alkanes of at least 4 members (excludes halogenated alkanes) is 2. The molecule has 0 bridgehead atoms. The molecule has 0 aromatic rings. The summed E-state index contributed by atoms with van der Waals surface area (Å²) in [7, 11) is -2.37. The van der Waals surface area contributed by atoms with Gasteiger partial charge in [0.05, 0.1) is 6.61 Å². The van der Waals surface area contributed by atoms with Crippen LogP contribution in [0.1, 0.15) is 26.2 Å². The van der Waals surface area contributed by atoms with Gasteiger partial charge in [0.25, 0.3) is 0 Å². The van der Waals surface area contributed by atoms with Gasteiger partial charge >= 0.3 is 0 Å². The fourth-order valence-corrected chi connectivity index (χ4v) is 1.19. The average Bonchev–Trinajstić information content (AvgIpc) is 1.78. The first kappa shape index (κ1) is 10.3. The highest BCUT2D eigenvalue weighted by molar-refractivity contribution is 8.29. The smallest absolute Gasteiger partial charge is 0.141 e. The molecular weight excluding hydrogens is 168 g/mol. The van der Waals surface area contributed by atoms with Gasteiger partial charge in [0.1, 0.15) is 8.77 Å². The maximum Gasteiger partial charge on any atom is 0.141 e. The Bertz CT molecular complexity index is 161. The van der Waals surface area contributed by atoms with Crippen LogP contribution in [0.2, 0.25) is 0 Å². The van der Waals surface area contributed by atoms with E-state index < -0.39 is 8.77 Å². The van der Waals surface area contributed by atoms with Gasteiger partial charge in [-0.25, -0.2) is 4.21 Å². The van der Waals surface area contributed by atoms with Crippen molar-refractivity contribution in [2.45, 2.75) is 26.2 Å². The van der Waals surface area contributed by atoms with Gasteiger partial charge in [0.15, 0.2) is 0 Å². The minimum Gasteiger partial charge on any atom is -0.290 e. The topological polar surface area (TPSA) is 26.3 Å². The van der Waals surface area contributed by atoms with Crippen LogP contribution < -0.4 is 0 Å². The van der Waals surface area contributed by atoms with Gasteiger partial charge in [0.2, 0.25) is 0 Å². The summed E-state index contributed by atoms with van der Waals surface area (Å²) in [5.74, 6) is 0. The molecule has 0 amide bonds. The Kier molecular flexibility index (Phi) is 5.21. The van der Waals surface area contributed by atoms with E-state index in [1.165, 1.54) is 6.26 Å². The van der Waals surface area contributed by atoms with E-state index in [0.29, 0.717) is 6.61 Å². The summed E-state index contributed by atoms with van der Waals surface area (Å²) >= 11 is 4.54. The molecule has 0 aliphatic rings. The Balaban J connectivity index is 3.21. The zero-order valence-corrected chi connectivity index (χ0v) is 8.09. The average molecular weight is 182 g/mol. The van der Waals surface area contributed by atoms with E-state index in [0.717, 1.165) is 19.3 Å². The molecule has 0 heterocycles. The van der Waals surface area contributed by atoms with Gasteiger partial charge in [0, 0.05) is 17.4 Å². The second-order valence-electron chi connectivity index (χ2n) is 2.23. The molecule has 62 valence electrons. The maximum atomic E-state index is 10.7. The lowest BCUT2D eigenvalue weighted by atomic mass is 10.3. The summed E-state index contributed by atoms with van der Waals surface area (Å²) in [6.45, 7) is 2.64. The monoisotopic (exact) mass is 182 g/mol. The van der Waals surface area contributed by atoms with Crippen molar-refractivity contribution >= 4 is 20.0 Å². The van der Waals surface area contributed by atoms with Gasteiger partial charge in [-0.15, -0.1) is 0 Å². The van der Waals surface area contributed by atoms with Gasteiger partial charge in [-0.2, -0.15) is 0 Å². The minimum absolute atomic E-state index is 0.534. The third kappa shape index (κ3) is 8.33. The van der Waals surface area contributed by atoms with E-state index in [1.807, 2.05) is 0 Å². The minimum atomic E-state index is -2.37. The Morgan fingerprint density at radius 3 is 2.50 bits per heavy atom. The van der Waals surface area contributed by atoms with Crippen LogP contribution >= 0.6 is 0 Å². The number of hydrogen-bond acceptors (Lipinski definition) is 3. The molecule has 4 heteroatoms. The molecule has 0 aliphatic heterocycles. The molecule has 0 rings (SSSR count). The summed E-state index contributed by atoms with van der Waals surface area (Å²) < 4.78 is 15.6.